The number of nitrogens with one attached hydrogen (secondary N) is 1. The van der Waals surface area contributed by atoms with E-state index in [1.807, 2.05) is 0 Å². The summed E-state index contributed by atoms with van der Waals surface area (Å²) in [5, 5.41) is 3.46. The predicted octanol–water partition coefficient (Wildman–Crippen LogP) is 3.59. The number of methoxy groups -OCH3 is 1. The second-order valence-electron chi connectivity index (χ2n) is 12.1. The molecule has 2 saturated heterocycles. The first-order valence-electron chi connectivity index (χ1n) is 15.4. The van der Waals surface area contributed by atoms with Crippen LogP contribution in [0.5, 0.6) is 11.6 Å². The van der Waals surface area contributed by atoms with Gasteiger partial charge in [0.15, 0.2) is 0 Å². The fraction of sp³-hybridized carbons (Fsp3) is 0.515. The van der Waals surface area contributed by atoms with E-state index in [1.54, 1.807) is 45.4 Å². The molecular formula is C33H46N6O4S. The minimum atomic E-state index is -3.62. The summed E-state index contributed by atoms with van der Waals surface area (Å²) >= 11 is 0. The lowest BCUT2D eigenvalue weighted by molar-refractivity contribution is 0.0534. The Balaban J connectivity index is 1.03. The van der Waals surface area contributed by atoms with Crippen molar-refractivity contribution in [2.45, 2.75) is 56.2 Å². The number of nitrogens with zero attached hydrogens (tertiary/aromatic N) is 5. The van der Waals surface area contributed by atoms with Crippen LogP contribution in [0.4, 0.5) is 0 Å². The molecule has 44 heavy (non-hydrogen) atoms. The molecule has 10 nitrogen and oxygen atoms in total. The summed E-state index contributed by atoms with van der Waals surface area (Å²) in [5.74, 6) is 1.77. The van der Waals surface area contributed by atoms with E-state index in [0.717, 1.165) is 45.4 Å². The summed E-state index contributed by atoms with van der Waals surface area (Å²) in [7, 11) is 2.35. The Morgan fingerprint density at radius 1 is 1.05 bits per heavy atom. The van der Waals surface area contributed by atoms with Crippen LogP contribution in [0.25, 0.3) is 0 Å². The topological polar surface area (TPSA) is 100 Å². The zero-order chi connectivity index (χ0) is 31.3. The molecule has 2 aromatic carbocycles. The minimum absolute atomic E-state index is 0.112. The van der Waals surface area contributed by atoms with Gasteiger partial charge in [-0.3, -0.25) is 4.90 Å². The van der Waals surface area contributed by atoms with Crippen molar-refractivity contribution in [3.8, 4) is 11.6 Å². The summed E-state index contributed by atoms with van der Waals surface area (Å²) in [6, 6.07) is 16.1. The van der Waals surface area contributed by atoms with E-state index in [0.29, 0.717) is 40.0 Å². The third kappa shape index (κ3) is 7.07. The standard InChI is InChI=1S/C33H46N6O4S/c1-25-20-28(42-5)21-26(2)32(25)44(40,41)39-23-29(24-39)43-31-12-16-35-30(36-31)22-34-15-9-17-38-18-13-33(14-19-38,37(3)4)27-10-7-6-8-11-27/h6-8,10-12,16,20-21,29,34H,9,13-15,17-19,22-24H2,1-5H3. The first kappa shape index (κ1) is 32.3. The lowest BCUT2D eigenvalue weighted by Crippen LogP contribution is -2.56. The Morgan fingerprint density at radius 2 is 1.73 bits per heavy atom. The van der Waals surface area contributed by atoms with Gasteiger partial charge in [-0.1, -0.05) is 30.3 Å². The number of ether oxygens (including phenoxy) is 2. The van der Waals surface area contributed by atoms with E-state index in [4.69, 9.17) is 9.47 Å². The molecule has 0 bridgehead atoms. The summed E-state index contributed by atoms with van der Waals surface area (Å²) < 4.78 is 39.3. The molecule has 0 aliphatic carbocycles. The minimum Gasteiger partial charge on any atom is -0.497 e. The SMILES string of the molecule is COc1cc(C)c(S(=O)(=O)N2CC(Oc3ccnc(CNCCCN4CCC(c5ccccc5)(N(C)C)CC4)n3)C2)c(C)c1. The van der Waals surface area contributed by atoms with Crippen molar-refractivity contribution in [1.29, 1.82) is 0 Å². The monoisotopic (exact) mass is 622 g/mol. The molecule has 11 heteroatoms. The molecule has 2 aliphatic rings. The lowest BCUT2D eigenvalue weighted by Gasteiger charge is -2.46. The molecule has 0 atom stereocenters. The summed E-state index contributed by atoms with van der Waals surface area (Å²) in [6.07, 6.45) is 4.74. The Kier molecular flexibility index (Phi) is 10.2. The smallest absolute Gasteiger partial charge is 0.243 e. The predicted molar refractivity (Wildman–Crippen MR) is 171 cm³/mol. The zero-order valence-corrected chi connectivity index (χ0v) is 27.4. The van der Waals surface area contributed by atoms with Gasteiger partial charge >= 0.3 is 0 Å². The number of likely N-dealkylation sites (tertiary alicyclic amines) is 1. The zero-order valence-electron chi connectivity index (χ0n) is 26.6. The fourth-order valence-electron chi connectivity index (χ4n) is 6.45. The molecule has 2 fully saturated rings. The fourth-order valence-corrected chi connectivity index (χ4v) is 8.37. The number of piperidine rings is 1. The molecule has 1 aromatic heterocycles. The van der Waals surface area contributed by atoms with Gasteiger partial charge in [-0.15, -0.1) is 0 Å². The molecule has 0 unspecified atom stereocenters. The van der Waals surface area contributed by atoms with Crippen LogP contribution in [-0.2, 0) is 22.1 Å². The van der Waals surface area contributed by atoms with E-state index in [2.05, 4.69) is 69.5 Å². The van der Waals surface area contributed by atoms with E-state index < -0.39 is 10.0 Å². The summed E-state index contributed by atoms with van der Waals surface area (Å²) in [4.78, 5) is 14.2. The number of rotatable bonds is 13. The number of aryl methyl sites for hydroxylation is 2. The van der Waals surface area contributed by atoms with Gasteiger partial charge in [-0.05, 0) is 89.1 Å². The normalized spacial score (nSPS) is 17.9. The average Bonchev–Trinajstić information content (AvgIpc) is 2.99. The number of hydrogen-bond acceptors (Lipinski definition) is 9. The number of hydrogen-bond donors (Lipinski definition) is 1. The molecule has 0 saturated carbocycles. The van der Waals surface area contributed by atoms with Crippen LogP contribution in [-0.4, -0.2) is 99.1 Å². The van der Waals surface area contributed by atoms with Crippen LogP contribution < -0.4 is 14.8 Å². The molecule has 3 aromatic rings. The van der Waals surface area contributed by atoms with Gasteiger partial charge in [0.2, 0.25) is 15.9 Å². The number of aromatic nitrogens is 2. The number of sulfonamides is 1. The molecular weight excluding hydrogens is 576 g/mol. The van der Waals surface area contributed by atoms with Crippen molar-refractivity contribution in [2.24, 2.45) is 0 Å². The molecule has 1 N–H and O–H groups in total. The summed E-state index contributed by atoms with van der Waals surface area (Å²) in [6.45, 7) is 8.82. The molecule has 0 radical (unpaired) electrons. The maximum Gasteiger partial charge on any atom is 0.243 e. The van der Waals surface area contributed by atoms with Gasteiger partial charge in [0.05, 0.1) is 31.6 Å². The Labute approximate surface area is 262 Å². The van der Waals surface area contributed by atoms with Gasteiger partial charge in [0.25, 0.3) is 0 Å². The third-order valence-corrected chi connectivity index (χ3v) is 11.1. The molecule has 0 amide bonds. The number of benzene rings is 2. The van der Waals surface area contributed by atoms with Crippen molar-refractivity contribution in [3.63, 3.8) is 0 Å². The molecule has 3 heterocycles. The van der Waals surface area contributed by atoms with Crippen molar-refractivity contribution in [1.82, 2.24) is 29.4 Å². The van der Waals surface area contributed by atoms with Crippen LogP contribution in [0.15, 0.2) is 59.6 Å². The quantitative estimate of drug-likeness (QED) is 0.287. The maximum absolute atomic E-state index is 13.3. The van der Waals surface area contributed by atoms with Gasteiger partial charge in [0, 0.05) is 30.9 Å². The van der Waals surface area contributed by atoms with E-state index in [-0.39, 0.29) is 24.7 Å². The Morgan fingerprint density at radius 3 is 2.36 bits per heavy atom. The van der Waals surface area contributed by atoms with Gasteiger partial charge in [-0.25, -0.2) is 13.4 Å². The van der Waals surface area contributed by atoms with E-state index in [1.165, 1.54) is 9.87 Å². The van der Waals surface area contributed by atoms with Crippen LogP contribution in [0, 0.1) is 13.8 Å². The van der Waals surface area contributed by atoms with Crippen molar-refractivity contribution < 1.29 is 17.9 Å². The first-order valence-corrected chi connectivity index (χ1v) is 16.9. The largest absolute Gasteiger partial charge is 0.497 e. The summed E-state index contributed by atoms with van der Waals surface area (Å²) in [5.41, 5.74) is 2.87. The molecule has 0 spiro atoms. The Hall–Kier alpha value is -3.09. The highest BCUT2D eigenvalue weighted by molar-refractivity contribution is 7.89. The van der Waals surface area contributed by atoms with E-state index in [9.17, 15) is 8.42 Å². The van der Waals surface area contributed by atoms with Crippen LogP contribution >= 0.6 is 0 Å². The third-order valence-electron chi connectivity index (χ3n) is 9.01. The molecule has 238 valence electrons. The Bertz CT molecular complexity index is 1480. The second kappa shape index (κ2) is 13.9. The van der Waals surface area contributed by atoms with Gasteiger partial charge in [-0.2, -0.15) is 9.29 Å². The highest BCUT2D eigenvalue weighted by Gasteiger charge is 2.40. The van der Waals surface area contributed by atoms with Gasteiger partial charge in [0.1, 0.15) is 17.7 Å². The average molecular weight is 623 g/mol. The van der Waals surface area contributed by atoms with Crippen molar-refractivity contribution in [3.05, 3.63) is 77.2 Å². The maximum atomic E-state index is 13.3. The van der Waals surface area contributed by atoms with Crippen LogP contribution in [0.2, 0.25) is 0 Å². The highest BCUT2D eigenvalue weighted by Crippen LogP contribution is 2.37. The highest BCUT2D eigenvalue weighted by atomic mass is 32.2. The van der Waals surface area contributed by atoms with Crippen molar-refractivity contribution in [2.75, 3.05) is 60.5 Å². The molecule has 5 rings (SSSR count). The lowest BCUT2D eigenvalue weighted by atomic mass is 9.80. The first-order chi connectivity index (χ1) is 21.1. The molecule has 2 aliphatic heterocycles. The second-order valence-corrected chi connectivity index (χ2v) is 14.0. The van der Waals surface area contributed by atoms with Crippen LogP contribution in [0.3, 0.4) is 0 Å². The van der Waals surface area contributed by atoms with Crippen molar-refractivity contribution >= 4 is 10.0 Å². The van der Waals surface area contributed by atoms with E-state index >= 15 is 0 Å². The van der Waals surface area contributed by atoms with Gasteiger partial charge < -0.3 is 19.7 Å². The van der Waals surface area contributed by atoms with Crippen LogP contribution in [0.1, 0.15) is 41.8 Å².